The van der Waals surface area contributed by atoms with Gasteiger partial charge in [-0.05, 0) is 34.0 Å². The number of nitrogens with zero attached hydrogens (tertiary/aromatic N) is 3. The van der Waals surface area contributed by atoms with Crippen LogP contribution >= 0.6 is 15.9 Å². The quantitative estimate of drug-likeness (QED) is 0.655. The molecule has 0 saturated heterocycles. The van der Waals surface area contributed by atoms with Crippen LogP contribution in [0.4, 0.5) is 11.4 Å². The van der Waals surface area contributed by atoms with Crippen molar-refractivity contribution in [2.75, 3.05) is 5.32 Å². The highest BCUT2D eigenvalue weighted by Crippen LogP contribution is 2.28. The molecule has 1 aromatic carbocycles. The molecule has 0 saturated carbocycles. The minimum Gasteiger partial charge on any atom is -0.381 e. The zero-order valence-electron chi connectivity index (χ0n) is 12.1. The maximum Gasteiger partial charge on any atom is 0.285 e. The number of halogens is 1. The lowest BCUT2D eigenvalue weighted by atomic mass is 10.1. The Morgan fingerprint density at radius 2 is 2.19 bits per heavy atom. The van der Waals surface area contributed by atoms with Crippen molar-refractivity contribution in [3.05, 3.63) is 50.2 Å². The Morgan fingerprint density at radius 1 is 1.48 bits per heavy atom. The lowest BCUT2D eigenvalue weighted by Crippen LogP contribution is -2.03. The zero-order chi connectivity index (χ0) is 15.6. The van der Waals surface area contributed by atoms with E-state index in [1.807, 2.05) is 19.3 Å². The SMILES string of the molecule is CC(C)c1nn(C)cc1CNc1ccc(Br)c([N+](=O)[O-])c1. The van der Waals surface area contributed by atoms with Crippen LogP contribution in [-0.2, 0) is 13.6 Å². The van der Waals surface area contributed by atoms with Crippen molar-refractivity contribution in [1.29, 1.82) is 0 Å². The van der Waals surface area contributed by atoms with Crippen molar-refractivity contribution in [3.8, 4) is 0 Å². The number of benzene rings is 1. The summed E-state index contributed by atoms with van der Waals surface area (Å²) < 4.78 is 2.26. The standard InChI is InChI=1S/C14H17BrN4O2/c1-9(2)14-10(8-18(3)17-14)7-16-11-4-5-12(15)13(6-11)19(20)21/h4-6,8-9,16H,7H2,1-3H3. The summed E-state index contributed by atoms with van der Waals surface area (Å²) in [6.07, 6.45) is 1.97. The third-order valence-electron chi connectivity index (χ3n) is 3.11. The van der Waals surface area contributed by atoms with E-state index in [1.165, 1.54) is 6.07 Å². The van der Waals surface area contributed by atoms with Gasteiger partial charge in [-0.2, -0.15) is 5.10 Å². The van der Waals surface area contributed by atoms with Crippen LogP contribution in [0.5, 0.6) is 0 Å². The molecule has 2 aromatic rings. The van der Waals surface area contributed by atoms with Gasteiger partial charge >= 0.3 is 0 Å². The first-order chi connectivity index (χ1) is 9.88. The van der Waals surface area contributed by atoms with Crippen LogP contribution in [0.2, 0.25) is 0 Å². The predicted molar refractivity (Wildman–Crippen MR) is 85.4 cm³/mol. The van der Waals surface area contributed by atoms with Gasteiger partial charge in [-0.25, -0.2) is 0 Å². The van der Waals surface area contributed by atoms with Crippen molar-refractivity contribution in [2.24, 2.45) is 7.05 Å². The molecular formula is C14H17BrN4O2. The second-order valence-corrected chi connectivity index (χ2v) is 6.00. The Hall–Kier alpha value is -1.89. The molecule has 1 heterocycles. The first-order valence-electron chi connectivity index (χ1n) is 6.58. The van der Waals surface area contributed by atoms with Crippen LogP contribution < -0.4 is 5.32 Å². The summed E-state index contributed by atoms with van der Waals surface area (Å²) in [6, 6.07) is 5.01. The number of rotatable bonds is 5. The predicted octanol–water partition coefficient (Wildman–Crippen LogP) is 3.83. The summed E-state index contributed by atoms with van der Waals surface area (Å²) in [4.78, 5) is 10.5. The summed E-state index contributed by atoms with van der Waals surface area (Å²) in [5.74, 6) is 0.335. The van der Waals surface area contributed by atoms with E-state index in [0.29, 0.717) is 22.6 Å². The molecule has 112 valence electrons. The van der Waals surface area contributed by atoms with Gasteiger partial charge < -0.3 is 5.32 Å². The molecule has 0 aliphatic heterocycles. The van der Waals surface area contributed by atoms with E-state index < -0.39 is 4.92 Å². The first kappa shape index (κ1) is 15.5. The summed E-state index contributed by atoms with van der Waals surface area (Å²) in [5, 5.41) is 18.6. The van der Waals surface area contributed by atoms with Gasteiger partial charge in [0.2, 0.25) is 0 Å². The molecule has 0 amide bonds. The minimum absolute atomic E-state index is 0.0512. The van der Waals surface area contributed by atoms with Crippen LogP contribution in [0.1, 0.15) is 31.0 Å². The number of nitro groups is 1. The third-order valence-corrected chi connectivity index (χ3v) is 3.78. The van der Waals surface area contributed by atoms with Gasteiger partial charge in [0.25, 0.3) is 5.69 Å². The Morgan fingerprint density at radius 3 is 2.81 bits per heavy atom. The van der Waals surface area contributed by atoms with E-state index >= 15 is 0 Å². The Bertz CT molecular complexity index is 667. The highest BCUT2D eigenvalue weighted by atomic mass is 79.9. The maximum absolute atomic E-state index is 10.9. The van der Waals surface area contributed by atoms with Gasteiger partial charge in [0, 0.05) is 37.1 Å². The first-order valence-corrected chi connectivity index (χ1v) is 7.38. The second-order valence-electron chi connectivity index (χ2n) is 5.14. The van der Waals surface area contributed by atoms with Gasteiger partial charge in [0.1, 0.15) is 0 Å². The van der Waals surface area contributed by atoms with E-state index in [2.05, 4.69) is 40.2 Å². The van der Waals surface area contributed by atoms with Crippen LogP contribution in [0.15, 0.2) is 28.9 Å². The van der Waals surface area contributed by atoms with E-state index in [1.54, 1.807) is 10.7 Å². The molecule has 0 bridgehead atoms. The number of hydrogen-bond acceptors (Lipinski definition) is 4. The molecule has 0 aliphatic rings. The number of hydrogen-bond donors (Lipinski definition) is 1. The van der Waals surface area contributed by atoms with Crippen molar-refractivity contribution in [1.82, 2.24) is 9.78 Å². The van der Waals surface area contributed by atoms with Crippen LogP contribution in [0.25, 0.3) is 0 Å². The molecular weight excluding hydrogens is 336 g/mol. The highest BCUT2D eigenvalue weighted by Gasteiger charge is 2.14. The summed E-state index contributed by atoms with van der Waals surface area (Å²) in [6.45, 7) is 4.77. The van der Waals surface area contributed by atoms with E-state index in [0.717, 1.165) is 11.3 Å². The molecule has 0 fully saturated rings. The Kier molecular flexibility index (Phi) is 4.62. The zero-order valence-corrected chi connectivity index (χ0v) is 13.7. The van der Waals surface area contributed by atoms with Crippen LogP contribution in [0.3, 0.4) is 0 Å². The average Bonchev–Trinajstić information content (AvgIpc) is 2.79. The summed E-state index contributed by atoms with van der Waals surface area (Å²) in [5.41, 5.74) is 2.90. The largest absolute Gasteiger partial charge is 0.381 e. The number of nitro benzene ring substituents is 1. The molecule has 0 unspecified atom stereocenters. The maximum atomic E-state index is 10.9. The molecule has 6 nitrogen and oxygen atoms in total. The van der Waals surface area contributed by atoms with Crippen molar-refractivity contribution >= 4 is 27.3 Å². The molecule has 21 heavy (non-hydrogen) atoms. The molecule has 0 radical (unpaired) electrons. The molecule has 0 spiro atoms. The Balaban J connectivity index is 2.17. The molecule has 0 atom stereocenters. The smallest absolute Gasteiger partial charge is 0.285 e. The van der Waals surface area contributed by atoms with E-state index in [-0.39, 0.29) is 5.69 Å². The van der Waals surface area contributed by atoms with Crippen molar-refractivity contribution in [3.63, 3.8) is 0 Å². The van der Waals surface area contributed by atoms with E-state index in [9.17, 15) is 10.1 Å². The Labute approximate surface area is 131 Å². The lowest BCUT2D eigenvalue weighted by Gasteiger charge is -2.08. The lowest BCUT2D eigenvalue weighted by molar-refractivity contribution is -0.385. The van der Waals surface area contributed by atoms with Crippen LogP contribution in [-0.4, -0.2) is 14.7 Å². The number of aryl methyl sites for hydroxylation is 1. The summed E-state index contributed by atoms with van der Waals surface area (Å²) in [7, 11) is 1.89. The van der Waals surface area contributed by atoms with Gasteiger partial charge in [-0.3, -0.25) is 14.8 Å². The fourth-order valence-electron chi connectivity index (χ4n) is 2.14. The van der Waals surface area contributed by atoms with Gasteiger partial charge in [0.15, 0.2) is 0 Å². The monoisotopic (exact) mass is 352 g/mol. The molecule has 1 aromatic heterocycles. The van der Waals surface area contributed by atoms with E-state index in [4.69, 9.17) is 0 Å². The number of anilines is 1. The fourth-order valence-corrected chi connectivity index (χ4v) is 2.53. The average molecular weight is 353 g/mol. The summed E-state index contributed by atoms with van der Waals surface area (Å²) >= 11 is 3.18. The number of aromatic nitrogens is 2. The van der Waals surface area contributed by atoms with Crippen molar-refractivity contribution < 1.29 is 4.92 Å². The number of nitrogens with one attached hydrogen (secondary N) is 1. The molecule has 7 heteroatoms. The topological polar surface area (TPSA) is 73.0 Å². The van der Waals surface area contributed by atoms with Crippen LogP contribution in [0, 0.1) is 10.1 Å². The van der Waals surface area contributed by atoms with Crippen molar-refractivity contribution in [2.45, 2.75) is 26.3 Å². The third kappa shape index (κ3) is 3.60. The van der Waals surface area contributed by atoms with Gasteiger partial charge in [-0.1, -0.05) is 13.8 Å². The minimum atomic E-state index is -0.404. The fraction of sp³-hybridized carbons (Fsp3) is 0.357. The van der Waals surface area contributed by atoms with Gasteiger partial charge in [0.05, 0.1) is 15.1 Å². The van der Waals surface area contributed by atoms with Gasteiger partial charge in [-0.15, -0.1) is 0 Å². The molecule has 2 rings (SSSR count). The highest BCUT2D eigenvalue weighted by molar-refractivity contribution is 9.10. The normalized spacial score (nSPS) is 10.9. The molecule has 1 N–H and O–H groups in total. The second kappa shape index (κ2) is 6.26. The molecule has 0 aliphatic carbocycles.